The Labute approximate surface area is 99.5 Å². The smallest absolute Gasteiger partial charge is 0.127 e. The van der Waals surface area contributed by atoms with Gasteiger partial charge in [0.25, 0.3) is 0 Å². The Morgan fingerprint density at radius 3 is 3.00 bits per heavy atom. The molecule has 88 valence electrons. The molecule has 1 fully saturated rings. The maximum Gasteiger partial charge on any atom is 0.127 e. The summed E-state index contributed by atoms with van der Waals surface area (Å²) in [6, 6.07) is 4.62. The number of hydrogen-bond donors (Lipinski definition) is 1. The Morgan fingerprint density at radius 1 is 1.56 bits per heavy atom. The number of benzene rings is 1. The second kappa shape index (κ2) is 5.13. The van der Waals surface area contributed by atoms with Crippen LogP contribution in [0.5, 0.6) is 0 Å². The lowest BCUT2D eigenvalue weighted by molar-refractivity contribution is 0.180. The van der Waals surface area contributed by atoms with Gasteiger partial charge in [-0.1, -0.05) is 17.7 Å². The van der Waals surface area contributed by atoms with Crippen LogP contribution in [0, 0.1) is 11.7 Å². The van der Waals surface area contributed by atoms with Gasteiger partial charge in [0.1, 0.15) is 5.82 Å². The van der Waals surface area contributed by atoms with Gasteiger partial charge >= 0.3 is 0 Å². The molecule has 1 aliphatic rings. The predicted molar refractivity (Wildman–Crippen MR) is 62.0 cm³/mol. The fourth-order valence-electron chi connectivity index (χ4n) is 2.02. The molecule has 0 bridgehead atoms. The standard InChI is InChI=1S/C12H15ClFNO/c13-10-2-1-3-11(14)9(10)6-12(15)8-4-5-16-7-8/h1-3,8,12H,4-7,15H2. The highest BCUT2D eigenvalue weighted by Gasteiger charge is 2.24. The van der Waals surface area contributed by atoms with Crippen molar-refractivity contribution in [1.82, 2.24) is 0 Å². The highest BCUT2D eigenvalue weighted by Crippen LogP contribution is 2.24. The summed E-state index contributed by atoms with van der Waals surface area (Å²) in [4.78, 5) is 0. The van der Waals surface area contributed by atoms with Gasteiger partial charge in [-0.05, 0) is 30.9 Å². The quantitative estimate of drug-likeness (QED) is 0.885. The minimum absolute atomic E-state index is 0.0862. The summed E-state index contributed by atoms with van der Waals surface area (Å²) in [7, 11) is 0. The Balaban J connectivity index is 2.07. The van der Waals surface area contributed by atoms with E-state index in [9.17, 15) is 4.39 Å². The number of nitrogens with two attached hydrogens (primary N) is 1. The molecule has 2 N–H and O–H groups in total. The molecule has 2 atom stereocenters. The molecule has 2 rings (SSSR count). The van der Waals surface area contributed by atoms with Gasteiger partial charge in [0.05, 0.1) is 6.61 Å². The first kappa shape index (κ1) is 11.8. The van der Waals surface area contributed by atoms with E-state index in [0.717, 1.165) is 13.0 Å². The molecule has 1 aromatic carbocycles. The first-order valence-electron chi connectivity index (χ1n) is 5.44. The van der Waals surface area contributed by atoms with Gasteiger partial charge in [0.2, 0.25) is 0 Å². The van der Waals surface area contributed by atoms with E-state index in [1.165, 1.54) is 6.07 Å². The first-order valence-corrected chi connectivity index (χ1v) is 5.82. The van der Waals surface area contributed by atoms with Gasteiger partial charge in [-0.2, -0.15) is 0 Å². The van der Waals surface area contributed by atoms with Crippen LogP contribution in [-0.2, 0) is 11.2 Å². The molecule has 0 spiro atoms. The van der Waals surface area contributed by atoms with Crippen LogP contribution in [0.4, 0.5) is 4.39 Å². The lowest BCUT2D eigenvalue weighted by atomic mass is 9.93. The van der Waals surface area contributed by atoms with Crippen LogP contribution in [-0.4, -0.2) is 19.3 Å². The zero-order valence-corrected chi connectivity index (χ0v) is 9.71. The molecule has 4 heteroatoms. The van der Waals surface area contributed by atoms with Crippen molar-refractivity contribution in [3.63, 3.8) is 0 Å². The van der Waals surface area contributed by atoms with E-state index in [2.05, 4.69) is 0 Å². The van der Waals surface area contributed by atoms with E-state index in [-0.39, 0.29) is 11.9 Å². The highest BCUT2D eigenvalue weighted by atomic mass is 35.5. The minimum atomic E-state index is -0.276. The second-order valence-electron chi connectivity index (χ2n) is 4.19. The molecular formula is C12H15ClFNO. The van der Waals surface area contributed by atoms with Crippen molar-refractivity contribution < 1.29 is 9.13 Å². The van der Waals surface area contributed by atoms with Gasteiger partial charge in [-0.15, -0.1) is 0 Å². The Kier molecular flexibility index (Phi) is 3.79. The van der Waals surface area contributed by atoms with Gasteiger partial charge in [-0.3, -0.25) is 0 Å². The molecule has 2 unspecified atom stereocenters. The zero-order chi connectivity index (χ0) is 11.5. The summed E-state index contributed by atoms with van der Waals surface area (Å²) >= 11 is 5.95. The summed E-state index contributed by atoms with van der Waals surface area (Å²) in [5.74, 6) is 0.0394. The third kappa shape index (κ3) is 2.54. The van der Waals surface area contributed by atoms with Crippen LogP contribution in [0.15, 0.2) is 18.2 Å². The second-order valence-corrected chi connectivity index (χ2v) is 4.60. The van der Waals surface area contributed by atoms with Crippen LogP contribution in [0.1, 0.15) is 12.0 Å². The van der Waals surface area contributed by atoms with Crippen LogP contribution in [0.2, 0.25) is 5.02 Å². The zero-order valence-electron chi connectivity index (χ0n) is 8.96. The number of hydrogen-bond acceptors (Lipinski definition) is 2. The van der Waals surface area contributed by atoms with E-state index in [1.54, 1.807) is 12.1 Å². The van der Waals surface area contributed by atoms with Crippen LogP contribution < -0.4 is 5.73 Å². The maximum absolute atomic E-state index is 13.5. The summed E-state index contributed by atoms with van der Waals surface area (Å²) < 4.78 is 18.8. The van der Waals surface area contributed by atoms with Gasteiger partial charge in [-0.25, -0.2) is 4.39 Å². The van der Waals surface area contributed by atoms with E-state index in [0.29, 0.717) is 29.5 Å². The van der Waals surface area contributed by atoms with Gasteiger partial charge in [0.15, 0.2) is 0 Å². The SMILES string of the molecule is NC(Cc1c(F)cccc1Cl)C1CCOC1. The summed E-state index contributed by atoms with van der Waals surface area (Å²) in [6.07, 6.45) is 1.42. The Morgan fingerprint density at radius 2 is 2.38 bits per heavy atom. The molecule has 1 aromatic rings. The molecule has 0 amide bonds. The lowest BCUT2D eigenvalue weighted by Gasteiger charge is -2.18. The van der Waals surface area contributed by atoms with Crippen molar-refractivity contribution in [2.24, 2.45) is 11.7 Å². The Hall–Kier alpha value is -0.640. The topological polar surface area (TPSA) is 35.2 Å². The van der Waals surface area contributed by atoms with Crippen molar-refractivity contribution >= 4 is 11.6 Å². The van der Waals surface area contributed by atoms with Crippen molar-refractivity contribution in [1.29, 1.82) is 0 Å². The molecule has 0 saturated carbocycles. The van der Waals surface area contributed by atoms with Crippen LogP contribution >= 0.6 is 11.6 Å². The van der Waals surface area contributed by atoms with Crippen LogP contribution in [0.3, 0.4) is 0 Å². The summed E-state index contributed by atoms with van der Waals surface area (Å²) in [5, 5.41) is 0.453. The fraction of sp³-hybridized carbons (Fsp3) is 0.500. The Bertz CT molecular complexity index is 346. The maximum atomic E-state index is 13.5. The van der Waals surface area contributed by atoms with Crippen molar-refractivity contribution in [3.05, 3.63) is 34.6 Å². The molecule has 2 nitrogen and oxygen atoms in total. The molecule has 16 heavy (non-hydrogen) atoms. The number of ether oxygens (including phenoxy) is 1. The van der Waals surface area contributed by atoms with E-state index in [4.69, 9.17) is 22.1 Å². The molecule has 1 heterocycles. The van der Waals surface area contributed by atoms with E-state index in [1.807, 2.05) is 0 Å². The normalized spacial score (nSPS) is 22.3. The molecule has 0 aromatic heterocycles. The summed E-state index contributed by atoms with van der Waals surface area (Å²) in [6.45, 7) is 1.43. The molecule has 1 saturated heterocycles. The number of rotatable bonds is 3. The van der Waals surface area contributed by atoms with Crippen LogP contribution in [0.25, 0.3) is 0 Å². The minimum Gasteiger partial charge on any atom is -0.381 e. The van der Waals surface area contributed by atoms with Crippen molar-refractivity contribution in [2.75, 3.05) is 13.2 Å². The van der Waals surface area contributed by atoms with Crippen molar-refractivity contribution in [3.8, 4) is 0 Å². The molecule has 0 aliphatic carbocycles. The average Bonchev–Trinajstić information content (AvgIpc) is 2.76. The molecule has 0 radical (unpaired) electrons. The highest BCUT2D eigenvalue weighted by molar-refractivity contribution is 6.31. The average molecular weight is 244 g/mol. The van der Waals surface area contributed by atoms with Crippen molar-refractivity contribution in [2.45, 2.75) is 18.9 Å². The fourth-order valence-corrected chi connectivity index (χ4v) is 2.26. The molecule has 1 aliphatic heterocycles. The number of halogens is 2. The molecular weight excluding hydrogens is 229 g/mol. The third-order valence-electron chi connectivity index (χ3n) is 3.07. The van der Waals surface area contributed by atoms with E-state index >= 15 is 0 Å². The largest absolute Gasteiger partial charge is 0.381 e. The van der Waals surface area contributed by atoms with E-state index < -0.39 is 0 Å². The van der Waals surface area contributed by atoms with Gasteiger partial charge in [0, 0.05) is 23.2 Å². The lowest BCUT2D eigenvalue weighted by Crippen LogP contribution is -2.33. The van der Waals surface area contributed by atoms with Gasteiger partial charge < -0.3 is 10.5 Å². The third-order valence-corrected chi connectivity index (χ3v) is 3.43. The monoisotopic (exact) mass is 243 g/mol. The first-order chi connectivity index (χ1) is 7.68. The predicted octanol–water partition coefficient (Wildman–Crippen LogP) is 2.39. The summed E-state index contributed by atoms with van der Waals surface area (Å²) in [5.41, 5.74) is 6.56.